The second-order valence-electron chi connectivity index (χ2n) is 6.39. The van der Waals surface area contributed by atoms with Gasteiger partial charge in [-0.1, -0.05) is 54.6 Å². The van der Waals surface area contributed by atoms with Gasteiger partial charge in [0.25, 0.3) is 0 Å². The molecule has 0 unspecified atom stereocenters. The highest BCUT2D eigenvalue weighted by Crippen LogP contribution is 2.32. The van der Waals surface area contributed by atoms with Crippen LogP contribution in [0.15, 0.2) is 72.8 Å². The van der Waals surface area contributed by atoms with Crippen molar-refractivity contribution in [2.75, 3.05) is 13.4 Å². The van der Waals surface area contributed by atoms with Gasteiger partial charge >= 0.3 is 5.97 Å². The van der Waals surface area contributed by atoms with Crippen molar-refractivity contribution in [3.63, 3.8) is 0 Å². The molecule has 28 heavy (non-hydrogen) atoms. The summed E-state index contributed by atoms with van der Waals surface area (Å²) in [5.41, 5.74) is 3.45. The molecule has 0 saturated carbocycles. The summed E-state index contributed by atoms with van der Waals surface area (Å²) < 4.78 is 15.6. The van der Waals surface area contributed by atoms with E-state index in [9.17, 15) is 9.59 Å². The topological polar surface area (TPSA) is 61.8 Å². The van der Waals surface area contributed by atoms with Gasteiger partial charge in [0.15, 0.2) is 23.9 Å². The SMILES string of the molecule is O=C(Cc1ccc(-c2ccccc2)cc1)OCC(=O)c1ccc2c(c1)OCO2. The second kappa shape index (κ2) is 7.96. The second-order valence-corrected chi connectivity index (χ2v) is 6.39. The molecule has 0 spiro atoms. The predicted molar refractivity (Wildman–Crippen MR) is 103 cm³/mol. The number of carbonyl (C=O) groups excluding carboxylic acids is 2. The molecular weight excluding hydrogens is 356 g/mol. The van der Waals surface area contributed by atoms with Crippen LogP contribution in [0.2, 0.25) is 0 Å². The van der Waals surface area contributed by atoms with Gasteiger partial charge in [-0.3, -0.25) is 9.59 Å². The quantitative estimate of drug-likeness (QED) is 0.481. The molecule has 0 N–H and O–H groups in total. The molecule has 5 heteroatoms. The summed E-state index contributed by atoms with van der Waals surface area (Å²) in [6.45, 7) is -0.161. The van der Waals surface area contributed by atoms with Gasteiger partial charge in [-0.25, -0.2) is 0 Å². The van der Waals surface area contributed by atoms with Crippen molar-refractivity contribution < 1.29 is 23.8 Å². The van der Waals surface area contributed by atoms with E-state index in [2.05, 4.69) is 0 Å². The van der Waals surface area contributed by atoms with Crippen molar-refractivity contribution in [2.24, 2.45) is 0 Å². The zero-order valence-corrected chi connectivity index (χ0v) is 15.1. The van der Waals surface area contributed by atoms with Gasteiger partial charge in [-0.2, -0.15) is 0 Å². The standard InChI is InChI=1S/C23H18O5/c24-20(19-10-11-21-22(13-19)28-15-27-21)14-26-23(25)12-16-6-8-18(9-7-16)17-4-2-1-3-5-17/h1-11,13H,12,14-15H2. The zero-order valence-electron chi connectivity index (χ0n) is 15.1. The van der Waals surface area contributed by atoms with E-state index in [0.29, 0.717) is 17.1 Å². The van der Waals surface area contributed by atoms with Gasteiger partial charge in [0, 0.05) is 5.56 Å². The van der Waals surface area contributed by atoms with Crippen LogP contribution in [0.4, 0.5) is 0 Å². The minimum absolute atomic E-state index is 0.115. The molecule has 1 aliphatic heterocycles. The number of carbonyl (C=O) groups is 2. The minimum Gasteiger partial charge on any atom is -0.457 e. The molecule has 140 valence electrons. The third kappa shape index (κ3) is 4.04. The third-order valence-corrected chi connectivity index (χ3v) is 4.47. The van der Waals surface area contributed by atoms with Crippen molar-refractivity contribution in [1.82, 2.24) is 0 Å². The van der Waals surface area contributed by atoms with Crippen LogP contribution in [0.25, 0.3) is 11.1 Å². The van der Waals surface area contributed by atoms with E-state index in [1.54, 1.807) is 18.2 Å². The van der Waals surface area contributed by atoms with Gasteiger partial charge in [0.05, 0.1) is 6.42 Å². The number of fused-ring (bicyclic) bond motifs is 1. The molecule has 0 atom stereocenters. The van der Waals surface area contributed by atoms with Gasteiger partial charge < -0.3 is 14.2 Å². The molecule has 0 amide bonds. The maximum absolute atomic E-state index is 12.2. The molecule has 1 aliphatic rings. The fourth-order valence-corrected chi connectivity index (χ4v) is 2.96. The van der Waals surface area contributed by atoms with E-state index in [0.717, 1.165) is 16.7 Å². The Morgan fingerprint density at radius 1 is 0.821 bits per heavy atom. The third-order valence-electron chi connectivity index (χ3n) is 4.47. The molecule has 0 bridgehead atoms. The van der Waals surface area contributed by atoms with Crippen molar-refractivity contribution in [2.45, 2.75) is 6.42 Å². The maximum Gasteiger partial charge on any atom is 0.310 e. The normalized spacial score (nSPS) is 11.9. The van der Waals surface area contributed by atoms with E-state index in [1.807, 2.05) is 54.6 Å². The molecule has 0 aliphatic carbocycles. The molecule has 0 saturated heterocycles. The van der Waals surface area contributed by atoms with Crippen LogP contribution >= 0.6 is 0 Å². The number of benzene rings is 3. The largest absolute Gasteiger partial charge is 0.457 e. The Morgan fingerprint density at radius 2 is 1.54 bits per heavy atom. The Bertz CT molecular complexity index is 993. The molecule has 1 heterocycles. The van der Waals surface area contributed by atoms with E-state index in [4.69, 9.17) is 14.2 Å². The lowest BCUT2D eigenvalue weighted by atomic mass is 10.0. The highest BCUT2D eigenvalue weighted by molar-refractivity contribution is 5.98. The molecular formula is C23H18O5. The minimum atomic E-state index is -0.443. The summed E-state index contributed by atoms with van der Waals surface area (Å²) in [7, 11) is 0. The average molecular weight is 374 g/mol. The number of esters is 1. The average Bonchev–Trinajstić information content (AvgIpc) is 3.21. The van der Waals surface area contributed by atoms with Crippen molar-refractivity contribution >= 4 is 11.8 Å². The highest BCUT2D eigenvalue weighted by atomic mass is 16.7. The smallest absolute Gasteiger partial charge is 0.310 e. The Balaban J connectivity index is 1.31. The number of ether oxygens (including phenoxy) is 3. The van der Waals surface area contributed by atoms with Crippen LogP contribution in [0.5, 0.6) is 11.5 Å². The van der Waals surface area contributed by atoms with E-state index in [-0.39, 0.29) is 25.6 Å². The van der Waals surface area contributed by atoms with Gasteiger partial charge in [-0.05, 0) is 34.9 Å². The molecule has 3 aromatic rings. The summed E-state index contributed by atoms with van der Waals surface area (Å²) in [4.78, 5) is 24.3. The first-order valence-electron chi connectivity index (χ1n) is 8.92. The Labute approximate surface area is 162 Å². The van der Waals surface area contributed by atoms with Gasteiger partial charge in [0.1, 0.15) is 0 Å². The van der Waals surface area contributed by atoms with Crippen molar-refractivity contribution in [3.05, 3.63) is 83.9 Å². The molecule has 3 aromatic carbocycles. The lowest BCUT2D eigenvalue weighted by Gasteiger charge is -2.06. The molecule has 0 aromatic heterocycles. The fourth-order valence-electron chi connectivity index (χ4n) is 2.96. The Morgan fingerprint density at radius 3 is 2.32 bits per heavy atom. The maximum atomic E-state index is 12.2. The van der Waals surface area contributed by atoms with Crippen LogP contribution in [-0.2, 0) is 16.0 Å². The summed E-state index contributed by atoms with van der Waals surface area (Å²) in [5, 5.41) is 0. The fraction of sp³-hybridized carbons (Fsp3) is 0.130. The summed E-state index contributed by atoms with van der Waals surface area (Å²) in [6, 6.07) is 22.6. The number of Topliss-reactive ketones (excluding diaryl/α,β-unsaturated/α-hetero) is 1. The molecule has 0 radical (unpaired) electrons. The van der Waals surface area contributed by atoms with Gasteiger partial charge in [0.2, 0.25) is 6.79 Å². The van der Waals surface area contributed by atoms with Crippen LogP contribution in [0.1, 0.15) is 15.9 Å². The number of ketones is 1. The highest BCUT2D eigenvalue weighted by Gasteiger charge is 2.17. The zero-order chi connectivity index (χ0) is 19.3. The van der Waals surface area contributed by atoms with Crippen LogP contribution < -0.4 is 9.47 Å². The Kier molecular flexibility index (Phi) is 5.06. The predicted octanol–water partition coefficient (Wildman–Crippen LogP) is 4.05. The van der Waals surface area contributed by atoms with Crippen LogP contribution in [-0.4, -0.2) is 25.2 Å². The lowest BCUT2D eigenvalue weighted by Crippen LogP contribution is -2.15. The first-order chi connectivity index (χ1) is 13.7. The van der Waals surface area contributed by atoms with Crippen molar-refractivity contribution in [1.29, 1.82) is 0 Å². The van der Waals surface area contributed by atoms with Gasteiger partial charge in [-0.15, -0.1) is 0 Å². The number of hydrogen-bond acceptors (Lipinski definition) is 5. The lowest BCUT2D eigenvalue weighted by molar-refractivity contribution is -0.141. The van der Waals surface area contributed by atoms with Crippen molar-refractivity contribution in [3.8, 4) is 22.6 Å². The summed E-state index contributed by atoms with van der Waals surface area (Å²) >= 11 is 0. The van der Waals surface area contributed by atoms with Crippen LogP contribution in [0.3, 0.4) is 0 Å². The first-order valence-corrected chi connectivity index (χ1v) is 8.92. The molecule has 5 nitrogen and oxygen atoms in total. The number of hydrogen-bond donors (Lipinski definition) is 0. The Hall–Kier alpha value is -3.60. The van der Waals surface area contributed by atoms with E-state index >= 15 is 0 Å². The number of rotatable bonds is 6. The molecule has 0 fully saturated rings. The summed E-state index contributed by atoms with van der Waals surface area (Å²) in [6.07, 6.45) is 0.115. The van der Waals surface area contributed by atoms with Crippen LogP contribution in [0, 0.1) is 0 Å². The van der Waals surface area contributed by atoms with E-state index < -0.39 is 5.97 Å². The first kappa shape index (κ1) is 17.8. The molecule has 4 rings (SSSR count). The monoisotopic (exact) mass is 374 g/mol. The summed E-state index contributed by atoms with van der Waals surface area (Å²) in [5.74, 6) is 0.399. The van der Waals surface area contributed by atoms with E-state index in [1.165, 1.54) is 0 Å².